The van der Waals surface area contributed by atoms with Gasteiger partial charge in [0.25, 0.3) is 0 Å². The highest BCUT2D eigenvalue weighted by Crippen LogP contribution is 2.70. The maximum Gasteiger partial charge on any atom is 0.313 e. The van der Waals surface area contributed by atoms with Crippen LogP contribution in [0.1, 0.15) is 58.8 Å². The third kappa shape index (κ3) is 1.84. The van der Waals surface area contributed by atoms with Crippen LogP contribution in [0.4, 0.5) is 0 Å². The molecule has 2 unspecified atom stereocenters. The molecule has 5 heteroatoms. The number of allylic oxidation sites excluding steroid dienone is 4. The molecule has 0 saturated heterocycles. The first-order chi connectivity index (χ1) is 13.2. The lowest BCUT2D eigenvalue weighted by Gasteiger charge is -2.53. The van der Waals surface area contributed by atoms with Crippen LogP contribution in [-0.2, 0) is 14.4 Å². The van der Waals surface area contributed by atoms with Crippen molar-refractivity contribution in [1.82, 2.24) is 0 Å². The fraction of sp³-hybridized carbons (Fsp3) is 0.609. The van der Waals surface area contributed by atoms with Crippen molar-refractivity contribution in [3.05, 3.63) is 34.4 Å². The largest absolute Gasteiger partial charge is 0.481 e. The van der Waals surface area contributed by atoms with Crippen LogP contribution >= 0.6 is 0 Å². The number of rotatable bonds is 1. The molecule has 2 N–H and O–H groups in total. The average molecular weight is 382 g/mol. The number of aliphatic hydroxyl groups excluding tert-OH is 1. The van der Waals surface area contributed by atoms with Gasteiger partial charge in [-0.25, -0.2) is 0 Å². The summed E-state index contributed by atoms with van der Waals surface area (Å²) in [7, 11) is 0. The van der Waals surface area contributed by atoms with Gasteiger partial charge in [0.2, 0.25) is 0 Å². The highest BCUT2D eigenvalue weighted by atomic mass is 16.4. The molecule has 5 rings (SSSR count). The van der Waals surface area contributed by atoms with E-state index in [9.17, 15) is 24.6 Å². The lowest BCUT2D eigenvalue weighted by Crippen LogP contribution is -2.51. The van der Waals surface area contributed by atoms with Crippen molar-refractivity contribution >= 4 is 17.5 Å². The second kappa shape index (κ2) is 5.32. The topological polar surface area (TPSA) is 91.7 Å². The maximum atomic E-state index is 13.1. The van der Waals surface area contributed by atoms with Gasteiger partial charge in [0.05, 0.1) is 11.5 Å². The van der Waals surface area contributed by atoms with Crippen molar-refractivity contribution in [3.63, 3.8) is 0 Å². The standard InChI is InChI=1S/C23H26O5/c1-21-7-4-14-17-13(5-10-23(14,21)16(25)6-8-21)22(2)9-3-12(24)11-15(22)19(26)18(17)20(27)28/h4,11,18-19,26H,3,5-10H2,1-2H3,(H,27,28)/t18-,19+,21-,22?,23?/m0/s1. The second-order valence-electron chi connectivity index (χ2n) is 9.76. The number of fused-ring (bicyclic) bond motifs is 3. The van der Waals surface area contributed by atoms with Gasteiger partial charge in [-0.2, -0.15) is 0 Å². The van der Waals surface area contributed by atoms with Crippen LogP contribution in [0.25, 0.3) is 0 Å². The molecule has 1 saturated carbocycles. The Bertz CT molecular complexity index is 937. The van der Waals surface area contributed by atoms with Crippen molar-refractivity contribution in [1.29, 1.82) is 0 Å². The molecule has 0 aliphatic heterocycles. The van der Waals surface area contributed by atoms with Gasteiger partial charge in [-0.15, -0.1) is 0 Å². The van der Waals surface area contributed by atoms with E-state index in [4.69, 9.17) is 0 Å². The molecule has 5 aliphatic rings. The summed E-state index contributed by atoms with van der Waals surface area (Å²) < 4.78 is 0. The van der Waals surface area contributed by atoms with Crippen molar-refractivity contribution in [2.24, 2.45) is 22.2 Å². The zero-order valence-corrected chi connectivity index (χ0v) is 16.4. The third-order valence-electron chi connectivity index (χ3n) is 8.69. The fourth-order valence-corrected chi connectivity index (χ4v) is 7.12. The number of ketones is 2. The minimum Gasteiger partial charge on any atom is -0.481 e. The van der Waals surface area contributed by atoms with Crippen LogP contribution in [0.3, 0.4) is 0 Å². The Kier molecular flexibility index (Phi) is 3.43. The van der Waals surface area contributed by atoms with E-state index in [1.807, 2.05) is 6.92 Å². The molecule has 0 radical (unpaired) electrons. The zero-order chi connectivity index (χ0) is 20.1. The van der Waals surface area contributed by atoms with Crippen LogP contribution in [0.2, 0.25) is 0 Å². The summed E-state index contributed by atoms with van der Waals surface area (Å²) in [6.45, 7) is 4.19. The van der Waals surface area contributed by atoms with Crippen molar-refractivity contribution < 1.29 is 24.6 Å². The van der Waals surface area contributed by atoms with Gasteiger partial charge in [0.15, 0.2) is 5.78 Å². The van der Waals surface area contributed by atoms with Gasteiger partial charge in [-0.1, -0.05) is 25.5 Å². The first kappa shape index (κ1) is 18.0. The summed E-state index contributed by atoms with van der Waals surface area (Å²) in [6.07, 6.45) is 6.87. The third-order valence-corrected chi connectivity index (χ3v) is 8.69. The van der Waals surface area contributed by atoms with E-state index in [2.05, 4.69) is 13.0 Å². The molecule has 28 heavy (non-hydrogen) atoms. The molecule has 0 aromatic rings. The summed E-state index contributed by atoms with van der Waals surface area (Å²) in [6, 6.07) is 0. The van der Waals surface area contributed by atoms with Crippen LogP contribution in [0.5, 0.6) is 0 Å². The Morgan fingerprint density at radius 3 is 2.57 bits per heavy atom. The number of hydrogen-bond donors (Lipinski definition) is 2. The van der Waals surface area contributed by atoms with E-state index < -0.39 is 28.8 Å². The van der Waals surface area contributed by atoms with E-state index in [-0.39, 0.29) is 17.0 Å². The summed E-state index contributed by atoms with van der Waals surface area (Å²) in [5.41, 5.74) is 1.90. The minimum atomic E-state index is -1.23. The molecule has 5 nitrogen and oxygen atoms in total. The monoisotopic (exact) mass is 382 g/mol. The quantitative estimate of drug-likeness (QED) is 0.727. The Labute approximate surface area is 164 Å². The number of hydrogen-bond acceptors (Lipinski definition) is 4. The number of carbonyl (C=O) groups is 3. The molecular weight excluding hydrogens is 356 g/mol. The highest BCUT2D eigenvalue weighted by Gasteiger charge is 2.66. The maximum absolute atomic E-state index is 13.1. The molecular formula is C23H26O5. The molecule has 5 atom stereocenters. The Morgan fingerprint density at radius 2 is 1.86 bits per heavy atom. The molecule has 1 fully saturated rings. The van der Waals surface area contributed by atoms with Gasteiger partial charge in [-0.3, -0.25) is 14.4 Å². The first-order valence-corrected chi connectivity index (χ1v) is 10.3. The lowest BCUT2D eigenvalue weighted by molar-refractivity contribution is -0.144. The van der Waals surface area contributed by atoms with Crippen molar-refractivity contribution in [2.75, 3.05) is 0 Å². The first-order valence-electron chi connectivity index (χ1n) is 10.3. The van der Waals surface area contributed by atoms with E-state index in [1.54, 1.807) is 0 Å². The smallest absolute Gasteiger partial charge is 0.313 e. The number of aliphatic hydroxyl groups is 1. The lowest BCUT2D eigenvalue weighted by atomic mass is 9.50. The van der Waals surface area contributed by atoms with Crippen LogP contribution in [0.15, 0.2) is 34.4 Å². The van der Waals surface area contributed by atoms with E-state index in [1.165, 1.54) is 6.08 Å². The Hall–Kier alpha value is -2.01. The predicted octanol–water partition coefficient (Wildman–Crippen LogP) is 3.13. The highest BCUT2D eigenvalue weighted by molar-refractivity contribution is 5.96. The molecule has 0 aromatic carbocycles. The summed E-state index contributed by atoms with van der Waals surface area (Å²) >= 11 is 0. The summed E-state index contributed by atoms with van der Waals surface area (Å²) in [5.74, 6) is -2.02. The molecule has 5 aliphatic carbocycles. The molecule has 0 amide bonds. The molecule has 148 valence electrons. The normalized spacial score (nSPS) is 44.4. The number of carbonyl (C=O) groups excluding carboxylic acids is 2. The van der Waals surface area contributed by atoms with Gasteiger partial charge in [0.1, 0.15) is 11.7 Å². The van der Waals surface area contributed by atoms with E-state index >= 15 is 0 Å². The van der Waals surface area contributed by atoms with Gasteiger partial charge in [-0.05, 0) is 60.3 Å². The predicted molar refractivity (Wildman–Crippen MR) is 101 cm³/mol. The molecule has 0 aromatic heterocycles. The van der Waals surface area contributed by atoms with Crippen molar-refractivity contribution in [2.45, 2.75) is 64.9 Å². The minimum absolute atomic E-state index is 0.0504. The SMILES string of the molecule is CC12CCC(=O)C=C1[C@@H](O)[C@@H](C(=O)O)C1=C2CCC23C(=O)CC[C@]2(C)CC=C13. The fourth-order valence-electron chi connectivity index (χ4n) is 7.12. The molecule has 0 heterocycles. The van der Waals surface area contributed by atoms with Crippen LogP contribution in [0, 0.1) is 22.2 Å². The molecule has 0 bridgehead atoms. The van der Waals surface area contributed by atoms with Gasteiger partial charge >= 0.3 is 5.97 Å². The van der Waals surface area contributed by atoms with Crippen LogP contribution in [-0.4, -0.2) is 33.9 Å². The Morgan fingerprint density at radius 1 is 1.11 bits per heavy atom. The van der Waals surface area contributed by atoms with E-state index in [0.717, 1.165) is 24.0 Å². The zero-order valence-electron chi connectivity index (χ0n) is 16.4. The summed E-state index contributed by atoms with van der Waals surface area (Å²) in [4.78, 5) is 37.5. The number of carboxylic acids is 1. The van der Waals surface area contributed by atoms with Crippen LogP contribution < -0.4 is 0 Å². The number of carboxylic acid groups (broad SMARTS) is 1. The molecule has 1 spiro atoms. The number of aliphatic carboxylic acids is 1. The second-order valence-corrected chi connectivity index (χ2v) is 9.76. The van der Waals surface area contributed by atoms with E-state index in [0.29, 0.717) is 43.3 Å². The van der Waals surface area contributed by atoms with Crippen molar-refractivity contribution in [3.8, 4) is 0 Å². The number of Topliss-reactive ketones (excluding diaryl/α,β-unsaturated/α-hetero) is 1. The Balaban J connectivity index is 1.78. The van der Waals surface area contributed by atoms with Gasteiger partial charge in [0, 0.05) is 18.3 Å². The summed E-state index contributed by atoms with van der Waals surface area (Å²) in [5, 5.41) is 21.2. The average Bonchev–Trinajstić information content (AvgIpc) is 3.07. The van der Waals surface area contributed by atoms with Gasteiger partial charge < -0.3 is 10.2 Å².